The van der Waals surface area contributed by atoms with Crippen molar-refractivity contribution in [3.63, 3.8) is 0 Å². The Labute approximate surface area is 166 Å². The molecule has 0 spiro atoms. The summed E-state index contributed by atoms with van der Waals surface area (Å²) in [6.07, 6.45) is 0.995. The molecule has 0 aliphatic carbocycles. The van der Waals surface area contributed by atoms with Gasteiger partial charge in [0.15, 0.2) is 0 Å². The zero-order valence-electron chi connectivity index (χ0n) is 16.3. The van der Waals surface area contributed by atoms with E-state index in [-0.39, 0.29) is 6.04 Å². The molecule has 2 unspecified atom stereocenters. The molecule has 2 heterocycles. The van der Waals surface area contributed by atoms with Gasteiger partial charge in [-0.15, -0.1) is 0 Å². The van der Waals surface area contributed by atoms with Gasteiger partial charge < -0.3 is 15.3 Å². The lowest BCUT2D eigenvalue weighted by atomic mass is 10.0. The van der Waals surface area contributed by atoms with Gasteiger partial charge in [-0.05, 0) is 19.4 Å². The number of benzene rings is 1. The summed E-state index contributed by atoms with van der Waals surface area (Å²) in [4.78, 5) is 11.1. The van der Waals surface area contributed by atoms with Crippen molar-refractivity contribution in [1.29, 1.82) is 0 Å². The third-order valence-electron chi connectivity index (χ3n) is 4.79. The van der Waals surface area contributed by atoms with Gasteiger partial charge in [0.1, 0.15) is 18.0 Å². The van der Waals surface area contributed by atoms with Crippen LogP contribution in [0, 0.1) is 6.92 Å². The van der Waals surface area contributed by atoms with Crippen LogP contribution in [0.3, 0.4) is 0 Å². The number of piperazine rings is 1. The van der Waals surface area contributed by atoms with Gasteiger partial charge in [-0.2, -0.15) is 0 Å². The predicted molar refractivity (Wildman–Crippen MR) is 113 cm³/mol. The second kappa shape index (κ2) is 9.39. The zero-order valence-corrected chi connectivity index (χ0v) is 17.1. The van der Waals surface area contributed by atoms with Gasteiger partial charge in [-0.1, -0.05) is 48.7 Å². The minimum atomic E-state index is -0.598. The van der Waals surface area contributed by atoms with E-state index in [2.05, 4.69) is 31.4 Å². The Morgan fingerprint density at radius 2 is 1.85 bits per heavy atom. The molecule has 2 atom stereocenters. The van der Waals surface area contributed by atoms with Crippen LogP contribution < -0.4 is 10.2 Å². The summed E-state index contributed by atoms with van der Waals surface area (Å²) < 4.78 is 2.41. The first-order valence-electron chi connectivity index (χ1n) is 9.53. The van der Waals surface area contributed by atoms with E-state index in [0.717, 1.165) is 49.1 Å². The smallest absolute Gasteiger partial charge is 0.134 e. The van der Waals surface area contributed by atoms with Gasteiger partial charge in [0, 0.05) is 38.0 Å². The zero-order chi connectivity index (χ0) is 19.2. The number of nitrogens with one attached hydrogen (secondary N) is 1. The highest BCUT2D eigenvalue weighted by molar-refractivity contribution is 7.96. The van der Waals surface area contributed by atoms with Crippen molar-refractivity contribution in [3.8, 4) is 0 Å². The lowest BCUT2D eigenvalue weighted by Gasteiger charge is -2.34. The van der Waals surface area contributed by atoms with Crippen molar-refractivity contribution in [1.82, 2.24) is 14.3 Å². The summed E-state index contributed by atoms with van der Waals surface area (Å²) in [5.74, 6) is 2.79. The maximum absolute atomic E-state index is 10.6. The molecule has 146 valence electrons. The highest BCUT2D eigenvalue weighted by Crippen LogP contribution is 2.23. The van der Waals surface area contributed by atoms with Gasteiger partial charge in [0.2, 0.25) is 0 Å². The number of aliphatic hydroxyl groups excluding tert-OH is 1. The monoisotopic (exact) mass is 387 g/mol. The molecule has 0 saturated carbocycles. The molecule has 1 aromatic carbocycles. The third-order valence-corrected chi connectivity index (χ3v) is 5.78. The van der Waals surface area contributed by atoms with Crippen LogP contribution in [0.25, 0.3) is 0 Å². The molecule has 1 aliphatic heterocycles. The SMILES string of the molecule is CCSN1CCN(c2cc(NC(C)C(O)c3ccc(C)cc3)ncn2)CC1. The number of rotatable bonds is 7. The van der Waals surface area contributed by atoms with Gasteiger partial charge >= 0.3 is 0 Å². The van der Waals surface area contributed by atoms with E-state index in [1.54, 1.807) is 6.33 Å². The van der Waals surface area contributed by atoms with Crippen LogP contribution in [0.5, 0.6) is 0 Å². The molecule has 27 heavy (non-hydrogen) atoms. The molecule has 2 N–H and O–H groups in total. The number of nitrogens with zero attached hydrogens (tertiary/aromatic N) is 4. The standard InChI is InChI=1S/C20H29N5OS/c1-4-27-25-11-9-24(10-12-25)19-13-18(21-14-22-19)23-16(3)20(26)17-7-5-15(2)6-8-17/h5-8,13-14,16,20,26H,4,9-12H2,1-3H3,(H,21,22,23). The van der Waals surface area contributed by atoms with E-state index >= 15 is 0 Å². The number of hydrogen-bond donors (Lipinski definition) is 2. The first-order chi connectivity index (χ1) is 13.1. The molecule has 7 heteroatoms. The Morgan fingerprint density at radius 1 is 1.15 bits per heavy atom. The van der Waals surface area contributed by atoms with Crippen molar-refractivity contribution in [2.45, 2.75) is 32.9 Å². The molecule has 1 fully saturated rings. The fourth-order valence-electron chi connectivity index (χ4n) is 3.19. The van der Waals surface area contributed by atoms with E-state index < -0.39 is 6.10 Å². The number of aliphatic hydroxyl groups is 1. The molecular weight excluding hydrogens is 358 g/mol. The number of hydrogen-bond acceptors (Lipinski definition) is 7. The van der Waals surface area contributed by atoms with Crippen LogP contribution in [0.2, 0.25) is 0 Å². The number of aryl methyl sites for hydroxylation is 1. The van der Waals surface area contributed by atoms with Crippen molar-refractivity contribution in [2.24, 2.45) is 0 Å². The topological polar surface area (TPSA) is 64.5 Å². The first kappa shape index (κ1) is 19.9. The Kier molecular flexibility index (Phi) is 6.93. The summed E-state index contributed by atoms with van der Waals surface area (Å²) in [5.41, 5.74) is 2.09. The van der Waals surface area contributed by atoms with Gasteiger partial charge in [-0.3, -0.25) is 0 Å². The fourth-order valence-corrected chi connectivity index (χ4v) is 3.98. The minimum absolute atomic E-state index is 0.159. The van der Waals surface area contributed by atoms with Crippen LogP contribution in [0.15, 0.2) is 36.7 Å². The molecule has 0 radical (unpaired) electrons. The lowest BCUT2D eigenvalue weighted by Crippen LogP contribution is -2.44. The normalized spacial score (nSPS) is 17.6. The summed E-state index contributed by atoms with van der Waals surface area (Å²) in [7, 11) is 0. The maximum Gasteiger partial charge on any atom is 0.134 e. The molecule has 1 saturated heterocycles. The number of aromatic nitrogens is 2. The average Bonchev–Trinajstić information content (AvgIpc) is 2.69. The van der Waals surface area contributed by atoms with Crippen LogP contribution in [-0.4, -0.2) is 57.4 Å². The lowest BCUT2D eigenvalue weighted by molar-refractivity contribution is 0.160. The molecule has 1 aliphatic rings. The average molecular weight is 388 g/mol. The van der Waals surface area contributed by atoms with Crippen molar-refractivity contribution < 1.29 is 5.11 Å². The highest BCUT2D eigenvalue weighted by atomic mass is 32.2. The molecule has 3 rings (SSSR count). The maximum atomic E-state index is 10.6. The fraction of sp³-hybridized carbons (Fsp3) is 0.500. The molecule has 2 aromatic rings. The van der Waals surface area contributed by atoms with Crippen molar-refractivity contribution in [3.05, 3.63) is 47.8 Å². The van der Waals surface area contributed by atoms with Crippen molar-refractivity contribution >= 4 is 23.6 Å². The molecule has 0 bridgehead atoms. The summed E-state index contributed by atoms with van der Waals surface area (Å²) in [6, 6.07) is 9.79. The highest BCUT2D eigenvalue weighted by Gasteiger charge is 2.20. The predicted octanol–water partition coefficient (Wildman–Crippen LogP) is 3.11. The second-order valence-corrected chi connectivity index (χ2v) is 8.24. The van der Waals surface area contributed by atoms with E-state index in [0.29, 0.717) is 0 Å². The van der Waals surface area contributed by atoms with E-state index in [1.165, 1.54) is 5.56 Å². The summed E-state index contributed by atoms with van der Waals surface area (Å²) >= 11 is 1.90. The Bertz CT molecular complexity index is 719. The van der Waals surface area contributed by atoms with E-state index in [4.69, 9.17) is 0 Å². The van der Waals surface area contributed by atoms with Crippen LogP contribution in [0.1, 0.15) is 31.1 Å². The third kappa shape index (κ3) is 5.34. The van der Waals surface area contributed by atoms with E-state index in [9.17, 15) is 5.11 Å². The number of anilines is 2. The summed E-state index contributed by atoms with van der Waals surface area (Å²) in [5, 5.41) is 13.9. The molecule has 0 amide bonds. The van der Waals surface area contributed by atoms with Crippen LogP contribution >= 0.6 is 11.9 Å². The Hall–Kier alpha value is -1.83. The van der Waals surface area contributed by atoms with Gasteiger partial charge in [0.25, 0.3) is 0 Å². The Balaban J connectivity index is 1.61. The Morgan fingerprint density at radius 3 is 2.52 bits per heavy atom. The van der Waals surface area contributed by atoms with Gasteiger partial charge in [0.05, 0.1) is 12.1 Å². The second-order valence-electron chi connectivity index (χ2n) is 6.88. The quantitative estimate of drug-likeness (QED) is 0.708. The molecule has 1 aromatic heterocycles. The van der Waals surface area contributed by atoms with Crippen molar-refractivity contribution in [2.75, 3.05) is 42.1 Å². The minimum Gasteiger partial charge on any atom is -0.386 e. The molecule has 6 nitrogen and oxygen atoms in total. The largest absolute Gasteiger partial charge is 0.386 e. The summed E-state index contributed by atoms with van der Waals surface area (Å²) in [6.45, 7) is 10.2. The first-order valence-corrected chi connectivity index (χ1v) is 10.5. The van der Waals surface area contributed by atoms with Crippen LogP contribution in [0.4, 0.5) is 11.6 Å². The molecular formula is C20H29N5OS. The van der Waals surface area contributed by atoms with Crippen LogP contribution in [-0.2, 0) is 0 Å². The van der Waals surface area contributed by atoms with E-state index in [1.807, 2.05) is 56.1 Å². The van der Waals surface area contributed by atoms with Gasteiger partial charge in [-0.25, -0.2) is 14.3 Å².